The summed E-state index contributed by atoms with van der Waals surface area (Å²) < 4.78 is 32.3. The van der Waals surface area contributed by atoms with Gasteiger partial charge in [-0.25, -0.2) is 9.48 Å². The molecule has 3 heterocycles. The van der Waals surface area contributed by atoms with Gasteiger partial charge in [-0.15, -0.1) is 5.10 Å². The van der Waals surface area contributed by atoms with E-state index in [0.29, 0.717) is 0 Å². The highest BCUT2D eigenvalue weighted by Gasteiger charge is 2.49. The fourth-order valence-electron chi connectivity index (χ4n) is 2.71. The van der Waals surface area contributed by atoms with Crippen LogP contribution in [0.15, 0.2) is 35.4 Å². The highest BCUT2D eigenvalue weighted by Crippen LogP contribution is 2.24. The van der Waals surface area contributed by atoms with Crippen molar-refractivity contribution in [1.29, 1.82) is 0 Å². The molecular formula is C16H16F2N4O6. The minimum absolute atomic E-state index is 0.0387. The molecular weight excluding hydrogens is 382 g/mol. The molecule has 2 atom stereocenters. The third kappa shape index (κ3) is 3.39. The minimum atomic E-state index is -3.03. The number of ether oxygens (including phenoxy) is 1. The predicted octanol–water partition coefficient (Wildman–Crippen LogP) is -0.00350. The minimum Gasteiger partial charge on any atom is -0.479 e. The van der Waals surface area contributed by atoms with Crippen LogP contribution in [0.5, 0.6) is 0 Å². The van der Waals surface area contributed by atoms with E-state index in [-0.39, 0.29) is 29.2 Å². The van der Waals surface area contributed by atoms with Crippen molar-refractivity contribution in [3.8, 4) is 5.69 Å². The molecule has 28 heavy (non-hydrogen) atoms. The van der Waals surface area contributed by atoms with Crippen LogP contribution in [0.1, 0.15) is 13.5 Å². The van der Waals surface area contributed by atoms with Crippen molar-refractivity contribution in [3.63, 3.8) is 0 Å². The molecule has 1 amide bonds. The normalized spacial score (nSPS) is 19.7. The lowest BCUT2D eigenvalue weighted by Gasteiger charge is -2.36. The molecule has 150 valence electrons. The Morgan fingerprint density at radius 2 is 2.07 bits per heavy atom. The lowest BCUT2D eigenvalue weighted by atomic mass is 9.97. The molecule has 3 rings (SSSR count). The van der Waals surface area contributed by atoms with Gasteiger partial charge in [0.25, 0.3) is 11.5 Å². The van der Waals surface area contributed by atoms with Gasteiger partial charge in [-0.1, -0.05) is 0 Å². The zero-order chi connectivity index (χ0) is 20.6. The summed E-state index contributed by atoms with van der Waals surface area (Å²) in [4.78, 5) is 36.4. The molecule has 0 aliphatic carbocycles. The van der Waals surface area contributed by atoms with E-state index in [9.17, 15) is 28.3 Å². The topological polar surface area (TPSA) is 127 Å². The Labute approximate surface area is 156 Å². The van der Waals surface area contributed by atoms with Crippen LogP contribution >= 0.6 is 0 Å². The van der Waals surface area contributed by atoms with Crippen molar-refractivity contribution in [2.45, 2.75) is 25.2 Å². The van der Waals surface area contributed by atoms with Gasteiger partial charge in [-0.3, -0.25) is 19.1 Å². The highest BCUT2D eigenvalue weighted by atomic mass is 19.3. The van der Waals surface area contributed by atoms with Gasteiger partial charge in [0.05, 0.1) is 18.8 Å². The molecule has 2 aromatic rings. The van der Waals surface area contributed by atoms with Crippen LogP contribution < -0.4 is 10.5 Å². The lowest BCUT2D eigenvalue weighted by Crippen LogP contribution is -2.60. The third-order valence-electron chi connectivity index (χ3n) is 4.28. The summed E-state index contributed by atoms with van der Waals surface area (Å²) in [5, 5.41) is 23.3. The smallest absolute Gasteiger partial charge is 0.338 e. The number of rotatable bonds is 5. The number of amides is 1. The molecule has 0 saturated carbocycles. The van der Waals surface area contributed by atoms with Crippen molar-refractivity contribution in [1.82, 2.24) is 14.3 Å². The van der Waals surface area contributed by atoms with E-state index in [1.54, 1.807) is 0 Å². The lowest BCUT2D eigenvalue weighted by molar-refractivity contribution is -0.180. The van der Waals surface area contributed by atoms with Crippen molar-refractivity contribution < 1.29 is 33.3 Å². The summed E-state index contributed by atoms with van der Waals surface area (Å²) in [6.07, 6.45) is 0.672. The van der Waals surface area contributed by atoms with Crippen LogP contribution in [-0.4, -0.2) is 61.3 Å². The fourth-order valence-corrected chi connectivity index (χ4v) is 2.71. The second-order valence-electron chi connectivity index (χ2n) is 6.22. The zero-order valence-corrected chi connectivity index (χ0v) is 14.5. The summed E-state index contributed by atoms with van der Waals surface area (Å²) in [6.45, 7) is -2.06. The number of aliphatic hydroxyl groups is 1. The Morgan fingerprint density at radius 3 is 2.71 bits per heavy atom. The number of anilines is 1. The Kier molecular flexibility index (Phi) is 5.00. The van der Waals surface area contributed by atoms with Crippen molar-refractivity contribution in [3.05, 3.63) is 40.9 Å². The zero-order valence-electron chi connectivity index (χ0n) is 14.5. The first-order chi connectivity index (χ1) is 13.1. The number of pyridine rings is 1. The monoisotopic (exact) mass is 398 g/mol. The maximum Gasteiger partial charge on any atom is 0.338 e. The number of nitrogens with zero attached hydrogens (tertiary/aromatic N) is 4. The number of aliphatic carboxylic acids is 1. The van der Waals surface area contributed by atoms with E-state index in [2.05, 4.69) is 5.10 Å². The van der Waals surface area contributed by atoms with Crippen molar-refractivity contribution >= 4 is 17.7 Å². The molecule has 0 spiro atoms. The number of hydrogen-bond donors (Lipinski definition) is 2. The number of alkyl halides is 2. The number of carbonyl (C=O) groups is 2. The number of carboxylic acid groups (broad SMARTS) is 1. The summed E-state index contributed by atoms with van der Waals surface area (Å²) in [5.74, 6) is -2.32. The molecule has 0 unspecified atom stereocenters. The Morgan fingerprint density at radius 1 is 1.36 bits per heavy atom. The highest BCUT2D eigenvalue weighted by molar-refractivity contribution is 6.00. The van der Waals surface area contributed by atoms with E-state index in [4.69, 9.17) is 9.84 Å². The first-order valence-corrected chi connectivity index (χ1v) is 8.08. The standard InChI is InChI=1S/C16H16F2N4O6/c1-16(27,14(25)26)12-13(24)20(6-7-28-12)10-4-5-22(19-10)9-2-3-11(23)21(8-9)15(17)18/h2-5,8,12,15,27H,6-7H2,1H3,(H,25,26)/t12-,16+/m0/s1. The summed E-state index contributed by atoms with van der Waals surface area (Å²) >= 11 is 0. The number of aromatic nitrogens is 3. The Bertz CT molecular complexity index is 970. The van der Waals surface area contributed by atoms with Crippen LogP contribution in [0.3, 0.4) is 0 Å². The third-order valence-corrected chi connectivity index (χ3v) is 4.28. The van der Waals surface area contributed by atoms with Gasteiger partial charge in [-0.2, -0.15) is 8.78 Å². The van der Waals surface area contributed by atoms with Crippen LogP contribution in [0, 0.1) is 0 Å². The summed E-state index contributed by atoms with van der Waals surface area (Å²) in [5.41, 5.74) is -3.17. The van der Waals surface area contributed by atoms with Gasteiger partial charge in [0.2, 0.25) is 0 Å². The molecule has 12 heteroatoms. The number of halogens is 2. The van der Waals surface area contributed by atoms with Gasteiger partial charge < -0.3 is 14.9 Å². The first kappa shape index (κ1) is 19.6. The van der Waals surface area contributed by atoms with Gasteiger partial charge in [-0.05, 0) is 13.0 Å². The summed E-state index contributed by atoms with van der Waals surface area (Å²) in [6, 6.07) is 3.66. The van der Waals surface area contributed by atoms with E-state index in [0.717, 1.165) is 24.1 Å². The molecule has 0 radical (unpaired) electrons. The second-order valence-corrected chi connectivity index (χ2v) is 6.22. The first-order valence-electron chi connectivity index (χ1n) is 8.08. The maximum absolute atomic E-state index is 12.9. The average molecular weight is 398 g/mol. The molecule has 2 N–H and O–H groups in total. The molecule has 0 aromatic carbocycles. The molecule has 1 aliphatic heterocycles. The second kappa shape index (κ2) is 7.13. The fraction of sp³-hybridized carbons (Fsp3) is 0.375. The van der Waals surface area contributed by atoms with E-state index >= 15 is 0 Å². The number of hydrogen-bond acceptors (Lipinski definition) is 6. The maximum atomic E-state index is 12.9. The summed E-state index contributed by atoms with van der Waals surface area (Å²) in [7, 11) is 0. The molecule has 1 fully saturated rings. The number of carboxylic acids is 1. The van der Waals surface area contributed by atoms with E-state index < -0.39 is 35.7 Å². The Balaban J connectivity index is 1.90. The van der Waals surface area contributed by atoms with Crippen molar-refractivity contribution in [2.75, 3.05) is 18.1 Å². The van der Waals surface area contributed by atoms with Crippen LogP contribution in [-0.2, 0) is 14.3 Å². The van der Waals surface area contributed by atoms with Gasteiger partial charge in [0, 0.05) is 24.5 Å². The van der Waals surface area contributed by atoms with E-state index in [1.165, 1.54) is 23.0 Å². The quantitative estimate of drug-likeness (QED) is 0.726. The SMILES string of the molecule is C[C@](O)(C(=O)O)[C@H]1OCCN(c2ccn(-c3ccc(=O)n(C(F)F)c3)n2)C1=O. The van der Waals surface area contributed by atoms with Gasteiger partial charge in [0.15, 0.2) is 17.5 Å². The molecule has 10 nitrogen and oxygen atoms in total. The average Bonchev–Trinajstić information content (AvgIpc) is 3.11. The molecule has 2 aromatic heterocycles. The predicted molar refractivity (Wildman–Crippen MR) is 89.4 cm³/mol. The molecule has 1 saturated heterocycles. The van der Waals surface area contributed by atoms with Crippen LogP contribution in [0.4, 0.5) is 14.6 Å². The van der Waals surface area contributed by atoms with Crippen molar-refractivity contribution in [2.24, 2.45) is 0 Å². The number of carbonyl (C=O) groups excluding carboxylic acids is 1. The molecule has 0 bridgehead atoms. The molecule has 1 aliphatic rings. The van der Waals surface area contributed by atoms with E-state index in [1.807, 2.05) is 0 Å². The van der Waals surface area contributed by atoms with Gasteiger partial charge in [0.1, 0.15) is 0 Å². The van der Waals surface area contributed by atoms with Gasteiger partial charge >= 0.3 is 12.5 Å². The largest absolute Gasteiger partial charge is 0.479 e. The number of morpholine rings is 1. The Hall–Kier alpha value is -3.12. The van der Waals surface area contributed by atoms with Crippen LogP contribution in [0.25, 0.3) is 5.69 Å². The van der Waals surface area contributed by atoms with Crippen LogP contribution in [0.2, 0.25) is 0 Å².